The minimum atomic E-state index is -1.62. The van der Waals surface area contributed by atoms with E-state index in [1.54, 1.807) is 23.9 Å². The summed E-state index contributed by atoms with van der Waals surface area (Å²) in [6, 6.07) is 1.68. The van der Waals surface area contributed by atoms with E-state index in [2.05, 4.69) is 10.3 Å². The number of carbonyl (C=O) groups is 2. The van der Waals surface area contributed by atoms with E-state index in [9.17, 15) is 9.59 Å². The molecule has 3 N–H and O–H groups in total. The normalized spacial score (nSPS) is 12.1. The molecule has 7 nitrogen and oxygen atoms in total. The molecule has 1 atom stereocenters. The van der Waals surface area contributed by atoms with Crippen LogP contribution in [0.3, 0.4) is 0 Å². The van der Waals surface area contributed by atoms with Gasteiger partial charge in [-0.3, -0.25) is 4.79 Å². The Morgan fingerprint density at radius 2 is 2.24 bits per heavy atom. The molecule has 0 unspecified atom stereocenters. The van der Waals surface area contributed by atoms with Crippen LogP contribution in [0.4, 0.5) is 0 Å². The molecule has 8 heteroatoms. The van der Waals surface area contributed by atoms with Gasteiger partial charge in [-0.15, -0.1) is 11.3 Å². The van der Waals surface area contributed by atoms with Gasteiger partial charge in [0, 0.05) is 24.2 Å². The molecule has 0 aliphatic rings. The maximum atomic E-state index is 12.0. The number of aromatic nitrogens is 2. The smallest absolute Gasteiger partial charge is 0.334 e. The van der Waals surface area contributed by atoms with Crippen molar-refractivity contribution in [1.82, 2.24) is 14.9 Å². The number of aliphatic carboxylic acids is 1. The van der Waals surface area contributed by atoms with Crippen molar-refractivity contribution in [2.24, 2.45) is 7.05 Å². The minimum Gasteiger partial charge on any atom is -0.479 e. The fourth-order valence-corrected chi connectivity index (χ4v) is 2.42. The fourth-order valence-electron chi connectivity index (χ4n) is 1.79. The van der Waals surface area contributed by atoms with Gasteiger partial charge in [0.2, 0.25) is 0 Å². The summed E-state index contributed by atoms with van der Waals surface area (Å²) in [5, 5.41) is 22.9. The summed E-state index contributed by atoms with van der Waals surface area (Å²) in [5.74, 6) is -1.82. The number of amides is 1. The quantitative estimate of drug-likeness (QED) is 0.751. The highest BCUT2D eigenvalue weighted by atomic mass is 32.1. The highest BCUT2D eigenvalue weighted by Gasteiger charge is 2.17. The van der Waals surface area contributed by atoms with Crippen LogP contribution in [0.5, 0.6) is 0 Å². The molecule has 2 aromatic heterocycles. The van der Waals surface area contributed by atoms with Crippen molar-refractivity contribution in [1.29, 1.82) is 0 Å². The third-order valence-electron chi connectivity index (χ3n) is 2.89. The molecule has 1 amide bonds. The SMILES string of the molecule is Cc1nc(-c2cc(C(=O)NC[C@H](O)C(=O)O)n(C)c2)cs1. The molecule has 0 spiro atoms. The van der Waals surface area contributed by atoms with Crippen LogP contribution in [0.25, 0.3) is 11.3 Å². The second-order valence-corrected chi connectivity index (χ2v) is 5.60. The number of aliphatic hydroxyl groups is 1. The third kappa shape index (κ3) is 3.47. The molecule has 0 aliphatic heterocycles. The topological polar surface area (TPSA) is 104 Å². The van der Waals surface area contributed by atoms with Gasteiger partial charge in [0.1, 0.15) is 5.69 Å². The first-order valence-electron chi connectivity index (χ1n) is 6.16. The summed E-state index contributed by atoms with van der Waals surface area (Å²) in [7, 11) is 1.71. The van der Waals surface area contributed by atoms with Crippen LogP contribution in [0, 0.1) is 6.92 Å². The standard InChI is InChI=1S/C13H15N3O4S/c1-7-15-9(6-21-7)8-3-10(16(2)5-8)12(18)14-4-11(17)13(19)20/h3,5-6,11,17H,4H2,1-2H3,(H,14,18)(H,19,20)/t11-/m0/s1. The van der Waals surface area contributed by atoms with Crippen LogP contribution in [0.1, 0.15) is 15.5 Å². The lowest BCUT2D eigenvalue weighted by Gasteiger charge is -2.08. The number of hydrogen-bond acceptors (Lipinski definition) is 5. The highest BCUT2D eigenvalue weighted by molar-refractivity contribution is 7.09. The number of hydrogen-bond donors (Lipinski definition) is 3. The first-order chi connectivity index (χ1) is 9.88. The fraction of sp³-hybridized carbons (Fsp3) is 0.308. The first kappa shape index (κ1) is 15.2. The molecule has 0 saturated carbocycles. The van der Waals surface area contributed by atoms with E-state index in [1.807, 2.05) is 12.3 Å². The van der Waals surface area contributed by atoms with Crippen molar-refractivity contribution in [3.63, 3.8) is 0 Å². The molecule has 0 bridgehead atoms. The van der Waals surface area contributed by atoms with Crippen molar-refractivity contribution < 1.29 is 19.8 Å². The lowest BCUT2D eigenvalue weighted by Crippen LogP contribution is -2.37. The van der Waals surface area contributed by atoms with E-state index in [-0.39, 0.29) is 6.54 Å². The molecule has 2 heterocycles. The van der Waals surface area contributed by atoms with Crippen molar-refractivity contribution in [3.05, 3.63) is 28.3 Å². The van der Waals surface area contributed by atoms with Gasteiger partial charge in [0.05, 0.1) is 17.2 Å². The Kier molecular flexibility index (Phi) is 4.39. The number of rotatable bonds is 5. The molecular weight excluding hydrogens is 294 g/mol. The average Bonchev–Trinajstić information content (AvgIpc) is 3.01. The zero-order valence-corrected chi connectivity index (χ0v) is 12.3. The Labute approximate surface area is 124 Å². The largest absolute Gasteiger partial charge is 0.479 e. The summed E-state index contributed by atoms with van der Waals surface area (Å²) in [4.78, 5) is 26.8. The molecule has 0 aliphatic carbocycles. The third-order valence-corrected chi connectivity index (χ3v) is 3.67. The number of carboxylic acids is 1. The molecule has 0 radical (unpaired) electrons. The van der Waals surface area contributed by atoms with Crippen molar-refractivity contribution in [3.8, 4) is 11.3 Å². The van der Waals surface area contributed by atoms with Crippen LogP contribution < -0.4 is 5.32 Å². The maximum absolute atomic E-state index is 12.0. The van der Waals surface area contributed by atoms with Crippen LogP contribution in [-0.2, 0) is 11.8 Å². The lowest BCUT2D eigenvalue weighted by atomic mass is 10.2. The summed E-state index contributed by atoms with van der Waals surface area (Å²) >= 11 is 1.52. The predicted molar refractivity (Wildman–Crippen MR) is 77.2 cm³/mol. The highest BCUT2D eigenvalue weighted by Crippen LogP contribution is 2.23. The Morgan fingerprint density at radius 3 is 2.81 bits per heavy atom. The van der Waals surface area contributed by atoms with Gasteiger partial charge in [-0.2, -0.15) is 0 Å². The maximum Gasteiger partial charge on any atom is 0.334 e. The Hall–Kier alpha value is -2.19. The second kappa shape index (κ2) is 6.06. The Bertz CT molecular complexity index is 677. The van der Waals surface area contributed by atoms with Crippen molar-refractivity contribution in [2.45, 2.75) is 13.0 Å². The van der Waals surface area contributed by atoms with Crippen molar-refractivity contribution in [2.75, 3.05) is 6.54 Å². The van der Waals surface area contributed by atoms with Gasteiger partial charge in [-0.05, 0) is 13.0 Å². The molecule has 2 rings (SSSR count). The molecule has 2 aromatic rings. The van der Waals surface area contributed by atoms with E-state index in [0.717, 1.165) is 16.3 Å². The molecular formula is C13H15N3O4S. The summed E-state index contributed by atoms with van der Waals surface area (Å²) < 4.78 is 1.63. The molecule has 0 saturated heterocycles. The lowest BCUT2D eigenvalue weighted by molar-refractivity contribution is -0.146. The molecule has 21 heavy (non-hydrogen) atoms. The second-order valence-electron chi connectivity index (χ2n) is 4.54. The number of thiazole rings is 1. The predicted octanol–water partition coefficient (Wildman–Crippen LogP) is 0.632. The van der Waals surface area contributed by atoms with Gasteiger partial charge in [-0.25, -0.2) is 9.78 Å². The van der Waals surface area contributed by atoms with Gasteiger partial charge < -0.3 is 20.1 Å². The number of carbonyl (C=O) groups excluding carboxylic acids is 1. The van der Waals surface area contributed by atoms with Crippen LogP contribution in [-0.4, -0.2) is 44.3 Å². The van der Waals surface area contributed by atoms with Crippen LogP contribution in [0.2, 0.25) is 0 Å². The molecule has 0 aromatic carbocycles. The van der Waals surface area contributed by atoms with E-state index in [1.165, 1.54) is 11.3 Å². The monoisotopic (exact) mass is 309 g/mol. The Morgan fingerprint density at radius 1 is 1.52 bits per heavy atom. The molecule has 0 fully saturated rings. The zero-order valence-electron chi connectivity index (χ0n) is 11.5. The summed E-state index contributed by atoms with van der Waals surface area (Å²) in [6.45, 7) is 1.56. The minimum absolute atomic E-state index is 0.343. The van der Waals surface area contributed by atoms with Gasteiger partial charge in [0.25, 0.3) is 5.91 Å². The number of carboxylic acid groups (broad SMARTS) is 1. The summed E-state index contributed by atoms with van der Waals surface area (Å²) in [6.07, 6.45) is 0.159. The first-order valence-corrected chi connectivity index (χ1v) is 7.04. The number of aliphatic hydroxyl groups excluding tert-OH is 1. The van der Waals surface area contributed by atoms with Crippen LogP contribution in [0.15, 0.2) is 17.6 Å². The van der Waals surface area contributed by atoms with Crippen molar-refractivity contribution >= 4 is 23.2 Å². The van der Waals surface area contributed by atoms with Gasteiger partial charge >= 0.3 is 5.97 Å². The van der Waals surface area contributed by atoms with E-state index in [0.29, 0.717) is 5.69 Å². The number of nitrogens with zero attached hydrogens (tertiary/aromatic N) is 2. The molecule has 112 valence electrons. The number of aryl methyl sites for hydroxylation is 2. The van der Waals surface area contributed by atoms with E-state index >= 15 is 0 Å². The van der Waals surface area contributed by atoms with E-state index in [4.69, 9.17) is 10.2 Å². The Balaban J connectivity index is 2.12. The summed E-state index contributed by atoms with van der Waals surface area (Å²) in [5.41, 5.74) is 1.97. The van der Waals surface area contributed by atoms with Gasteiger partial charge in [0.15, 0.2) is 6.10 Å². The average molecular weight is 309 g/mol. The van der Waals surface area contributed by atoms with Gasteiger partial charge in [-0.1, -0.05) is 0 Å². The van der Waals surface area contributed by atoms with Crippen LogP contribution >= 0.6 is 11.3 Å². The number of nitrogens with one attached hydrogen (secondary N) is 1. The zero-order chi connectivity index (χ0) is 15.6. The van der Waals surface area contributed by atoms with E-state index < -0.39 is 18.0 Å².